The number of fused-ring (bicyclic) bond motifs is 3. The van der Waals surface area contributed by atoms with E-state index >= 15 is 0 Å². The number of ether oxygens (including phenoxy) is 2. The predicted octanol–water partition coefficient (Wildman–Crippen LogP) is 2.11. The van der Waals surface area contributed by atoms with Gasteiger partial charge in [-0.25, -0.2) is 9.59 Å². The second-order valence-corrected chi connectivity index (χ2v) is 9.72. The van der Waals surface area contributed by atoms with Crippen molar-refractivity contribution in [1.29, 1.82) is 10.5 Å². The van der Waals surface area contributed by atoms with Gasteiger partial charge in [0.2, 0.25) is 11.8 Å². The monoisotopic (exact) mass is 542 g/mol. The molecule has 12 heteroatoms. The number of imide groups is 2. The number of methoxy groups -OCH3 is 2. The molecule has 0 N–H and O–H groups in total. The molecule has 0 aromatic heterocycles. The molecule has 2 aromatic rings. The molecular formula is C28H26N6O6. The van der Waals surface area contributed by atoms with Crippen LogP contribution in [0, 0.1) is 28.6 Å². The molecule has 3 fully saturated rings. The molecule has 3 aliphatic heterocycles. The van der Waals surface area contributed by atoms with Gasteiger partial charge in [0.15, 0.2) is 0 Å². The first-order chi connectivity index (χ1) is 19.3. The van der Waals surface area contributed by atoms with E-state index in [1.165, 1.54) is 24.0 Å². The summed E-state index contributed by atoms with van der Waals surface area (Å²) in [6.07, 6.45) is -0.196. The molecule has 5 rings (SSSR count). The first-order valence-corrected chi connectivity index (χ1v) is 12.6. The van der Waals surface area contributed by atoms with Crippen molar-refractivity contribution in [3.63, 3.8) is 0 Å². The highest BCUT2D eigenvalue weighted by Crippen LogP contribution is 2.43. The van der Waals surface area contributed by atoms with Crippen LogP contribution in [0.25, 0.3) is 0 Å². The average molecular weight is 543 g/mol. The van der Waals surface area contributed by atoms with Gasteiger partial charge in [0.25, 0.3) is 0 Å². The predicted molar refractivity (Wildman–Crippen MR) is 137 cm³/mol. The SMILES string of the molecule is COc1ccc(CN2C(=O)C3C(C(C#N)N4C(=O)N(Cc5ccc(OC)cc5)C(=O)CC34)N(CC#N)C2=O)cc1. The van der Waals surface area contributed by atoms with Gasteiger partial charge in [0.05, 0.1) is 57.4 Å². The van der Waals surface area contributed by atoms with Crippen LogP contribution in [0.3, 0.4) is 0 Å². The Kier molecular flexibility index (Phi) is 7.01. The summed E-state index contributed by atoms with van der Waals surface area (Å²) < 4.78 is 10.3. The van der Waals surface area contributed by atoms with Gasteiger partial charge in [-0.3, -0.25) is 19.4 Å². The number of hydrogen-bond donors (Lipinski definition) is 0. The van der Waals surface area contributed by atoms with Crippen LogP contribution in [-0.2, 0) is 22.7 Å². The van der Waals surface area contributed by atoms with Crippen LogP contribution in [0.15, 0.2) is 48.5 Å². The molecule has 3 saturated heterocycles. The topological polar surface area (TPSA) is 147 Å². The van der Waals surface area contributed by atoms with E-state index in [0.29, 0.717) is 22.6 Å². The van der Waals surface area contributed by atoms with E-state index in [0.717, 1.165) is 9.80 Å². The van der Waals surface area contributed by atoms with Crippen molar-refractivity contribution >= 4 is 23.9 Å². The molecule has 0 spiro atoms. The highest BCUT2D eigenvalue weighted by molar-refractivity contribution is 6.03. The second kappa shape index (κ2) is 10.6. The highest BCUT2D eigenvalue weighted by atomic mass is 16.5. The number of nitrogens with zero attached hydrogens (tertiary/aromatic N) is 6. The molecule has 4 unspecified atom stereocenters. The van der Waals surface area contributed by atoms with Gasteiger partial charge < -0.3 is 19.3 Å². The molecule has 0 bridgehead atoms. The van der Waals surface area contributed by atoms with Crippen molar-refractivity contribution < 1.29 is 28.7 Å². The zero-order chi connectivity index (χ0) is 28.6. The summed E-state index contributed by atoms with van der Waals surface area (Å²) in [5.74, 6) is -0.888. The molecule has 3 aliphatic rings. The molecule has 4 atom stereocenters. The molecule has 0 aliphatic carbocycles. The number of carbonyl (C=O) groups excluding carboxylic acids is 4. The van der Waals surface area contributed by atoms with Gasteiger partial charge >= 0.3 is 12.1 Å². The minimum absolute atomic E-state index is 0.0310. The number of benzene rings is 2. The van der Waals surface area contributed by atoms with Crippen molar-refractivity contribution in [2.75, 3.05) is 20.8 Å². The van der Waals surface area contributed by atoms with Crippen molar-refractivity contribution in [2.45, 2.75) is 37.6 Å². The van der Waals surface area contributed by atoms with E-state index in [1.54, 1.807) is 48.5 Å². The lowest BCUT2D eigenvalue weighted by molar-refractivity contribution is -0.140. The molecule has 12 nitrogen and oxygen atoms in total. The third-order valence-electron chi connectivity index (χ3n) is 7.66. The van der Waals surface area contributed by atoms with Gasteiger partial charge in [0.1, 0.15) is 24.1 Å². The second-order valence-electron chi connectivity index (χ2n) is 9.72. The average Bonchev–Trinajstić information content (AvgIpc) is 3.30. The Hall–Kier alpha value is -5.10. The lowest BCUT2D eigenvalue weighted by atomic mass is 9.87. The minimum Gasteiger partial charge on any atom is -0.497 e. The van der Waals surface area contributed by atoms with Crippen LogP contribution >= 0.6 is 0 Å². The fourth-order valence-electron chi connectivity index (χ4n) is 5.74. The van der Waals surface area contributed by atoms with Crippen molar-refractivity contribution in [3.05, 3.63) is 59.7 Å². The zero-order valence-electron chi connectivity index (χ0n) is 21.9. The van der Waals surface area contributed by atoms with Crippen LogP contribution in [0.1, 0.15) is 17.5 Å². The van der Waals surface area contributed by atoms with E-state index in [-0.39, 0.29) is 26.1 Å². The van der Waals surface area contributed by atoms with Crippen LogP contribution in [0.2, 0.25) is 0 Å². The number of carbonyl (C=O) groups is 4. The van der Waals surface area contributed by atoms with Crippen molar-refractivity contribution in [1.82, 2.24) is 19.6 Å². The van der Waals surface area contributed by atoms with E-state index in [9.17, 15) is 29.7 Å². The Bertz CT molecular complexity index is 1430. The third-order valence-corrected chi connectivity index (χ3v) is 7.66. The Morgan fingerprint density at radius 2 is 1.38 bits per heavy atom. The molecule has 6 amide bonds. The van der Waals surface area contributed by atoms with Crippen LogP contribution in [-0.4, -0.2) is 82.4 Å². The lowest BCUT2D eigenvalue weighted by Crippen LogP contribution is -2.63. The Morgan fingerprint density at radius 3 is 1.88 bits per heavy atom. The van der Waals surface area contributed by atoms with Gasteiger partial charge in [-0.1, -0.05) is 24.3 Å². The maximum atomic E-state index is 13.8. The largest absolute Gasteiger partial charge is 0.497 e. The molecule has 0 saturated carbocycles. The summed E-state index contributed by atoms with van der Waals surface area (Å²) in [5, 5.41) is 19.7. The summed E-state index contributed by atoms with van der Waals surface area (Å²) in [4.78, 5) is 58.8. The Morgan fingerprint density at radius 1 is 0.825 bits per heavy atom. The first-order valence-electron chi connectivity index (χ1n) is 12.6. The number of rotatable bonds is 7. The van der Waals surface area contributed by atoms with E-state index in [1.807, 2.05) is 6.07 Å². The maximum Gasteiger partial charge on any atom is 0.328 e. The summed E-state index contributed by atoms with van der Waals surface area (Å²) in [6.45, 7) is -0.498. The van der Waals surface area contributed by atoms with Gasteiger partial charge in [0, 0.05) is 6.42 Å². The molecular weight excluding hydrogens is 516 g/mol. The molecule has 3 heterocycles. The van der Waals surface area contributed by atoms with Crippen LogP contribution in [0.5, 0.6) is 11.5 Å². The highest BCUT2D eigenvalue weighted by Gasteiger charge is 2.64. The first kappa shape index (κ1) is 26.5. The summed E-state index contributed by atoms with van der Waals surface area (Å²) >= 11 is 0. The van der Waals surface area contributed by atoms with Crippen LogP contribution < -0.4 is 9.47 Å². The van der Waals surface area contributed by atoms with Crippen LogP contribution in [0.4, 0.5) is 9.59 Å². The normalized spacial score (nSPS) is 23.9. The Labute approximate surface area is 230 Å². The Balaban J connectivity index is 1.47. The van der Waals surface area contributed by atoms with Gasteiger partial charge in [-0.2, -0.15) is 10.5 Å². The number of nitriles is 2. The molecule has 2 aromatic carbocycles. The van der Waals surface area contributed by atoms with Crippen molar-refractivity contribution in [3.8, 4) is 23.6 Å². The number of amides is 6. The van der Waals surface area contributed by atoms with Gasteiger partial charge in [-0.15, -0.1) is 0 Å². The fourth-order valence-corrected chi connectivity index (χ4v) is 5.74. The molecule has 0 radical (unpaired) electrons. The zero-order valence-corrected chi connectivity index (χ0v) is 21.9. The fraction of sp³-hybridized carbons (Fsp3) is 0.357. The number of urea groups is 2. The summed E-state index contributed by atoms with van der Waals surface area (Å²) in [5.41, 5.74) is 1.32. The van der Waals surface area contributed by atoms with E-state index < -0.39 is 47.9 Å². The van der Waals surface area contributed by atoms with E-state index in [2.05, 4.69) is 6.07 Å². The molecule has 204 valence electrons. The van der Waals surface area contributed by atoms with Crippen molar-refractivity contribution in [2.24, 2.45) is 5.92 Å². The smallest absolute Gasteiger partial charge is 0.328 e. The number of hydrogen-bond acceptors (Lipinski definition) is 8. The quantitative estimate of drug-likeness (QED) is 0.483. The summed E-state index contributed by atoms with van der Waals surface area (Å²) in [6, 6.07) is 13.1. The third kappa shape index (κ3) is 4.33. The van der Waals surface area contributed by atoms with E-state index in [4.69, 9.17) is 9.47 Å². The standard InChI is InChI=1S/C28H26N6O6/c1-39-19-7-3-17(4-8-19)15-32-23(35)13-21-24-25(22(14-30)34(21)28(32)38)31(12-11-29)27(37)33(26(24)36)16-18-5-9-20(40-2)10-6-18/h3-10,21-22,24-25H,12-13,15-16H2,1-2H3. The summed E-state index contributed by atoms with van der Waals surface area (Å²) in [7, 11) is 3.05. The maximum absolute atomic E-state index is 13.8. The molecule has 40 heavy (non-hydrogen) atoms. The van der Waals surface area contributed by atoms with Gasteiger partial charge in [-0.05, 0) is 35.4 Å². The lowest BCUT2D eigenvalue weighted by Gasteiger charge is -2.42. The minimum atomic E-state index is -1.21.